The van der Waals surface area contributed by atoms with Gasteiger partial charge in [0.25, 0.3) is 0 Å². The third kappa shape index (κ3) is 4.43. The maximum atomic E-state index is 13.0. The second-order valence-electron chi connectivity index (χ2n) is 4.92. The predicted octanol–water partition coefficient (Wildman–Crippen LogP) is 3.28. The average Bonchev–Trinajstić information content (AvgIpc) is 2.31. The summed E-state index contributed by atoms with van der Waals surface area (Å²) in [5, 5.41) is 9.03. The molecule has 0 radical (unpaired) electrons. The molecule has 0 aromatic heterocycles. The van der Waals surface area contributed by atoms with Gasteiger partial charge in [-0.3, -0.25) is 9.59 Å². The number of hydrogen-bond donors (Lipinski definition) is 1. The number of aliphatic carboxylic acids is 1. The summed E-state index contributed by atoms with van der Waals surface area (Å²) in [6.45, 7) is 3.72. The largest absolute Gasteiger partial charge is 0.481 e. The SMILES string of the molecule is CC(C)CC(CC(=O)c1ccc(F)c(F)c1)C(=O)O. The summed E-state index contributed by atoms with van der Waals surface area (Å²) in [5.41, 5.74) is -0.00564. The number of Topliss-reactive ketones (excluding diaryl/α,β-unsaturated/α-hetero) is 1. The van der Waals surface area contributed by atoms with Crippen molar-refractivity contribution in [2.45, 2.75) is 26.7 Å². The van der Waals surface area contributed by atoms with Crippen LogP contribution in [0.3, 0.4) is 0 Å². The molecule has 1 unspecified atom stereocenters. The fourth-order valence-corrected chi connectivity index (χ4v) is 1.85. The molecule has 0 spiro atoms. The van der Waals surface area contributed by atoms with E-state index in [1.165, 1.54) is 0 Å². The number of ketones is 1. The van der Waals surface area contributed by atoms with Crippen molar-refractivity contribution in [3.63, 3.8) is 0 Å². The van der Waals surface area contributed by atoms with Crippen LogP contribution < -0.4 is 0 Å². The summed E-state index contributed by atoms with van der Waals surface area (Å²) < 4.78 is 25.7. The van der Waals surface area contributed by atoms with Crippen LogP contribution in [0.5, 0.6) is 0 Å². The third-order valence-electron chi connectivity index (χ3n) is 2.78. The van der Waals surface area contributed by atoms with Crippen LogP contribution in [0, 0.1) is 23.5 Å². The quantitative estimate of drug-likeness (QED) is 0.807. The molecule has 0 heterocycles. The second kappa shape index (κ2) is 6.41. The minimum absolute atomic E-state index is 0.00564. The molecule has 0 saturated carbocycles. The number of carbonyl (C=O) groups excluding carboxylic acids is 1. The lowest BCUT2D eigenvalue weighted by Crippen LogP contribution is -2.20. The topological polar surface area (TPSA) is 54.4 Å². The number of carboxylic acid groups (broad SMARTS) is 1. The summed E-state index contributed by atoms with van der Waals surface area (Å²) in [6, 6.07) is 2.82. The fourth-order valence-electron chi connectivity index (χ4n) is 1.85. The van der Waals surface area contributed by atoms with E-state index in [0.717, 1.165) is 18.2 Å². The maximum Gasteiger partial charge on any atom is 0.306 e. The van der Waals surface area contributed by atoms with Crippen molar-refractivity contribution in [2.75, 3.05) is 0 Å². The van der Waals surface area contributed by atoms with Gasteiger partial charge in [-0.15, -0.1) is 0 Å². The number of hydrogen-bond acceptors (Lipinski definition) is 2. The molecule has 0 saturated heterocycles. The van der Waals surface area contributed by atoms with Crippen molar-refractivity contribution in [2.24, 2.45) is 11.8 Å². The first-order valence-electron chi connectivity index (χ1n) is 6.02. The van der Waals surface area contributed by atoms with E-state index in [2.05, 4.69) is 0 Å². The molecule has 104 valence electrons. The summed E-state index contributed by atoms with van der Waals surface area (Å²) >= 11 is 0. The molecule has 0 bridgehead atoms. The minimum Gasteiger partial charge on any atom is -0.481 e. The smallest absolute Gasteiger partial charge is 0.306 e. The van der Waals surface area contributed by atoms with Gasteiger partial charge in [0.15, 0.2) is 17.4 Å². The van der Waals surface area contributed by atoms with Crippen molar-refractivity contribution < 1.29 is 23.5 Å². The van der Waals surface area contributed by atoms with E-state index in [1.54, 1.807) is 0 Å². The first-order chi connectivity index (χ1) is 8.81. The van der Waals surface area contributed by atoms with Gasteiger partial charge in [-0.2, -0.15) is 0 Å². The van der Waals surface area contributed by atoms with Gasteiger partial charge >= 0.3 is 5.97 Å². The third-order valence-corrected chi connectivity index (χ3v) is 2.78. The molecule has 5 heteroatoms. The molecule has 3 nitrogen and oxygen atoms in total. The number of benzene rings is 1. The second-order valence-corrected chi connectivity index (χ2v) is 4.92. The lowest BCUT2D eigenvalue weighted by atomic mass is 9.91. The Kier molecular flexibility index (Phi) is 5.15. The Hall–Kier alpha value is -1.78. The van der Waals surface area contributed by atoms with Crippen LogP contribution in [-0.4, -0.2) is 16.9 Å². The van der Waals surface area contributed by atoms with Crippen LogP contribution in [0.25, 0.3) is 0 Å². The highest BCUT2D eigenvalue weighted by Gasteiger charge is 2.23. The highest BCUT2D eigenvalue weighted by Crippen LogP contribution is 2.19. The van der Waals surface area contributed by atoms with Crippen molar-refractivity contribution in [1.82, 2.24) is 0 Å². The molecule has 0 amide bonds. The Labute approximate surface area is 110 Å². The van der Waals surface area contributed by atoms with Crippen LogP contribution >= 0.6 is 0 Å². The van der Waals surface area contributed by atoms with Crippen LogP contribution in [0.15, 0.2) is 18.2 Å². The Morgan fingerprint density at radius 2 is 1.84 bits per heavy atom. The average molecular weight is 270 g/mol. The van der Waals surface area contributed by atoms with Gasteiger partial charge in [0, 0.05) is 12.0 Å². The molecule has 1 rings (SSSR count). The zero-order valence-electron chi connectivity index (χ0n) is 10.8. The Balaban J connectivity index is 2.81. The molecular formula is C14H16F2O3. The van der Waals surface area contributed by atoms with Gasteiger partial charge < -0.3 is 5.11 Å². The fraction of sp³-hybridized carbons (Fsp3) is 0.429. The first-order valence-corrected chi connectivity index (χ1v) is 6.02. The van der Waals surface area contributed by atoms with E-state index in [4.69, 9.17) is 5.11 Å². The molecular weight excluding hydrogens is 254 g/mol. The molecule has 1 N–H and O–H groups in total. The van der Waals surface area contributed by atoms with Gasteiger partial charge in [0.1, 0.15) is 0 Å². The first kappa shape index (κ1) is 15.3. The normalized spacial score (nSPS) is 12.5. The van der Waals surface area contributed by atoms with Gasteiger partial charge in [-0.05, 0) is 30.5 Å². The predicted molar refractivity (Wildman–Crippen MR) is 65.9 cm³/mol. The minimum atomic E-state index is -1.11. The number of carbonyl (C=O) groups is 2. The molecule has 1 aromatic rings. The van der Waals surface area contributed by atoms with Crippen LogP contribution in [0.4, 0.5) is 8.78 Å². The van der Waals surface area contributed by atoms with Crippen molar-refractivity contribution >= 4 is 11.8 Å². The molecule has 1 aromatic carbocycles. The van der Waals surface area contributed by atoms with E-state index in [1.807, 2.05) is 13.8 Å². The summed E-state index contributed by atoms with van der Waals surface area (Å²) in [5.74, 6) is -4.36. The molecule has 0 aliphatic heterocycles. The van der Waals surface area contributed by atoms with E-state index >= 15 is 0 Å². The van der Waals surface area contributed by atoms with E-state index < -0.39 is 29.3 Å². The van der Waals surface area contributed by atoms with Crippen LogP contribution in [0.1, 0.15) is 37.0 Å². The van der Waals surface area contributed by atoms with Crippen LogP contribution in [-0.2, 0) is 4.79 Å². The summed E-state index contributed by atoms with van der Waals surface area (Å²) in [7, 11) is 0. The van der Waals surface area contributed by atoms with E-state index in [9.17, 15) is 18.4 Å². The monoisotopic (exact) mass is 270 g/mol. The van der Waals surface area contributed by atoms with Crippen molar-refractivity contribution in [1.29, 1.82) is 0 Å². The Bertz CT molecular complexity index is 484. The van der Waals surface area contributed by atoms with Crippen molar-refractivity contribution in [3.05, 3.63) is 35.4 Å². The standard InChI is InChI=1S/C14H16F2O3/c1-8(2)5-10(14(18)19)7-13(17)9-3-4-11(15)12(16)6-9/h3-4,6,8,10H,5,7H2,1-2H3,(H,18,19). The number of carboxylic acids is 1. The highest BCUT2D eigenvalue weighted by atomic mass is 19.2. The Morgan fingerprint density at radius 1 is 1.21 bits per heavy atom. The Morgan fingerprint density at radius 3 is 2.32 bits per heavy atom. The summed E-state index contributed by atoms with van der Waals surface area (Å²) in [6.07, 6.45) is 0.156. The number of halogens is 2. The number of rotatable bonds is 6. The van der Waals surface area contributed by atoms with Crippen molar-refractivity contribution in [3.8, 4) is 0 Å². The van der Waals surface area contributed by atoms with Gasteiger partial charge in [0.2, 0.25) is 0 Å². The molecule has 0 aliphatic rings. The molecule has 0 aliphatic carbocycles. The summed E-state index contributed by atoms with van der Waals surface area (Å²) in [4.78, 5) is 22.9. The van der Waals surface area contributed by atoms with Gasteiger partial charge in [0.05, 0.1) is 5.92 Å². The zero-order chi connectivity index (χ0) is 14.6. The van der Waals surface area contributed by atoms with Gasteiger partial charge in [-0.25, -0.2) is 8.78 Å². The lowest BCUT2D eigenvalue weighted by Gasteiger charge is -2.13. The molecule has 19 heavy (non-hydrogen) atoms. The molecule has 1 atom stereocenters. The lowest BCUT2D eigenvalue weighted by molar-refractivity contribution is -0.142. The van der Waals surface area contributed by atoms with Crippen LogP contribution in [0.2, 0.25) is 0 Å². The molecule has 0 fully saturated rings. The van der Waals surface area contributed by atoms with Gasteiger partial charge in [-0.1, -0.05) is 13.8 Å². The zero-order valence-corrected chi connectivity index (χ0v) is 10.8. The maximum absolute atomic E-state index is 13.0. The highest BCUT2D eigenvalue weighted by molar-refractivity contribution is 5.97. The van der Waals surface area contributed by atoms with E-state index in [0.29, 0.717) is 6.42 Å². The van der Waals surface area contributed by atoms with E-state index in [-0.39, 0.29) is 17.9 Å².